The highest BCUT2D eigenvalue weighted by Gasteiger charge is 2.27. The van der Waals surface area contributed by atoms with E-state index in [0.29, 0.717) is 12.5 Å². The molecule has 2 rings (SSSR count). The van der Waals surface area contributed by atoms with Gasteiger partial charge in [0, 0.05) is 19.1 Å². The molecule has 0 aromatic carbocycles. The minimum Gasteiger partial charge on any atom is -0.468 e. The summed E-state index contributed by atoms with van der Waals surface area (Å²) in [7, 11) is 1.43. The maximum Gasteiger partial charge on any atom is 0.322 e. The van der Waals surface area contributed by atoms with Crippen LogP contribution in [0.25, 0.3) is 0 Å². The fourth-order valence-corrected chi connectivity index (χ4v) is 2.27. The van der Waals surface area contributed by atoms with Gasteiger partial charge in [-0.25, -0.2) is 0 Å². The minimum absolute atomic E-state index is 0.168. The molecular weight excluding hydrogens is 220 g/mol. The molecule has 2 unspecified atom stereocenters. The van der Waals surface area contributed by atoms with Gasteiger partial charge in [-0.1, -0.05) is 0 Å². The van der Waals surface area contributed by atoms with E-state index >= 15 is 0 Å². The summed E-state index contributed by atoms with van der Waals surface area (Å²) in [4.78, 5) is 16.0. The van der Waals surface area contributed by atoms with Crippen LogP contribution >= 0.6 is 0 Å². The summed E-state index contributed by atoms with van der Waals surface area (Å²) < 4.78 is 4.84. The summed E-state index contributed by atoms with van der Waals surface area (Å²) in [6.07, 6.45) is 3.45. The van der Waals surface area contributed by atoms with Crippen LogP contribution in [0.4, 0.5) is 0 Å². The highest BCUT2D eigenvalue weighted by atomic mass is 16.5. The van der Waals surface area contributed by atoms with Crippen molar-refractivity contribution in [1.29, 1.82) is 0 Å². The van der Waals surface area contributed by atoms with E-state index in [1.807, 2.05) is 0 Å². The Labute approximate surface area is 101 Å². The second-order valence-electron chi connectivity index (χ2n) is 4.51. The van der Waals surface area contributed by atoms with Gasteiger partial charge in [-0.2, -0.15) is 0 Å². The molecule has 3 atom stereocenters. The molecular formula is C11H20N4O2. The predicted molar refractivity (Wildman–Crippen MR) is 65.1 cm³/mol. The van der Waals surface area contributed by atoms with Crippen molar-refractivity contribution >= 4 is 12.3 Å². The molecule has 1 saturated heterocycles. The van der Waals surface area contributed by atoms with E-state index in [0.717, 1.165) is 26.1 Å². The number of nitrogens with zero attached hydrogens (tertiary/aromatic N) is 1. The molecule has 17 heavy (non-hydrogen) atoms. The number of carbonyl (C=O) groups excluding carboxylic acids is 1. The van der Waals surface area contributed by atoms with E-state index in [9.17, 15) is 4.79 Å². The smallest absolute Gasteiger partial charge is 0.322 e. The fourth-order valence-electron chi connectivity index (χ4n) is 2.27. The van der Waals surface area contributed by atoms with Crippen molar-refractivity contribution in [1.82, 2.24) is 16.0 Å². The average molecular weight is 240 g/mol. The van der Waals surface area contributed by atoms with Crippen LogP contribution < -0.4 is 16.0 Å². The second-order valence-corrected chi connectivity index (χ2v) is 4.51. The van der Waals surface area contributed by atoms with Gasteiger partial charge in [0.25, 0.3) is 0 Å². The monoisotopic (exact) mass is 240 g/mol. The third kappa shape index (κ3) is 3.41. The molecule has 6 nitrogen and oxygen atoms in total. The maximum atomic E-state index is 11.7. The summed E-state index contributed by atoms with van der Waals surface area (Å²) >= 11 is 0. The Balaban J connectivity index is 1.87. The molecule has 6 heteroatoms. The Kier molecular flexibility index (Phi) is 4.33. The molecule has 0 radical (unpaired) electrons. The van der Waals surface area contributed by atoms with Crippen molar-refractivity contribution in [3.8, 4) is 0 Å². The lowest BCUT2D eigenvalue weighted by atomic mass is 10.1. The predicted octanol–water partition coefficient (Wildman–Crippen LogP) is -1.13. The van der Waals surface area contributed by atoms with Crippen LogP contribution in [0.15, 0.2) is 4.99 Å². The first-order chi connectivity index (χ1) is 8.29. The maximum absolute atomic E-state index is 11.7. The molecule has 0 aliphatic carbocycles. The van der Waals surface area contributed by atoms with Gasteiger partial charge in [-0.3, -0.25) is 9.79 Å². The Bertz CT molecular complexity index is 289. The van der Waals surface area contributed by atoms with Crippen molar-refractivity contribution in [2.24, 2.45) is 4.99 Å². The number of nitrogens with one attached hydrogen (secondary N) is 3. The summed E-state index contributed by atoms with van der Waals surface area (Å²) in [6, 6.07) is 0.269. The third-order valence-electron chi connectivity index (χ3n) is 3.22. The largest absolute Gasteiger partial charge is 0.468 e. The average Bonchev–Trinajstić information content (AvgIpc) is 3.00. The molecule has 0 spiro atoms. The van der Waals surface area contributed by atoms with Crippen LogP contribution in [0.1, 0.15) is 12.8 Å². The summed E-state index contributed by atoms with van der Waals surface area (Å²) in [5.41, 5.74) is 0. The third-order valence-corrected chi connectivity index (χ3v) is 3.22. The molecule has 0 aromatic heterocycles. The molecule has 0 aromatic rings. The first-order valence-corrected chi connectivity index (χ1v) is 6.09. The number of aliphatic imine (C=N–C) groups is 1. The van der Waals surface area contributed by atoms with Crippen LogP contribution in [0, 0.1) is 0 Å². The van der Waals surface area contributed by atoms with Crippen LogP contribution in [0.5, 0.6) is 0 Å². The highest BCUT2D eigenvalue weighted by Crippen LogP contribution is 2.09. The summed E-state index contributed by atoms with van der Waals surface area (Å²) in [5, 5.41) is 9.67. The van der Waals surface area contributed by atoms with Crippen molar-refractivity contribution in [2.45, 2.75) is 31.0 Å². The van der Waals surface area contributed by atoms with Gasteiger partial charge in [0.15, 0.2) is 0 Å². The van der Waals surface area contributed by atoms with Gasteiger partial charge >= 0.3 is 5.97 Å². The molecule has 96 valence electrons. The molecule has 2 aliphatic rings. The van der Waals surface area contributed by atoms with E-state index in [1.165, 1.54) is 7.11 Å². The second kappa shape index (κ2) is 5.97. The number of hydrogen-bond acceptors (Lipinski definition) is 6. The molecule has 3 N–H and O–H groups in total. The van der Waals surface area contributed by atoms with Gasteiger partial charge in [0.1, 0.15) is 6.04 Å². The van der Waals surface area contributed by atoms with Crippen LogP contribution in [0.3, 0.4) is 0 Å². The lowest BCUT2D eigenvalue weighted by molar-refractivity contribution is -0.143. The Hall–Kier alpha value is -1.14. The molecule has 2 aliphatic heterocycles. The van der Waals surface area contributed by atoms with Crippen molar-refractivity contribution in [2.75, 3.05) is 26.7 Å². The van der Waals surface area contributed by atoms with Crippen LogP contribution in [-0.4, -0.2) is 57.2 Å². The van der Waals surface area contributed by atoms with Crippen molar-refractivity contribution in [3.63, 3.8) is 0 Å². The van der Waals surface area contributed by atoms with Crippen molar-refractivity contribution in [3.05, 3.63) is 0 Å². The Morgan fingerprint density at radius 1 is 1.65 bits per heavy atom. The zero-order valence-electron chi connectivity index (χ0n) is 10.1. The van der Waals surface area contributed by atoms with E-state index in [2.05, 4.69) is 20.9 Å². The van der Waals surface area contributed by atoms with Crippen molar-refractivity contribution < 1.29 is 9.53 Å². The molecule has 1 fully saturated rings. The minimum atomic E-state index is -0.257. The Morgan fingerprint density at radius 2 is 2.53 bits per heavy atom. The van der Waals surface area contributed by atoms with E-state index in [1.54, 1.807) is 6.34 Å². The first-order valence-electron chi connectivity index (χ1n) is 6.09. The summed E-state index contributed by atoms with van der Waals surface area (Å²) in [6.45, 7) is 2.73. The van der Waals surface area contributed by atoms with Gasteiger partial charge in [0.05, 0.1) is 19.5 Å². The number of rotatable bonds is 5. The van der Waals surface area contributed by atoms with Gasteiger partial charge < -0.3 is 20.7 Å². The quantitative estimate of drug-likeness (QED) is 0.530. The molecule has 2 heterocycles. The highest BCUT2D eigenvalue weighted by molar-refractivity contribution is 5.75. The van der Waals surface area contributed by atoms with Crippen LogP contribution in [0.2, 0.25) is 0 Å². The fraction of sp³-hybridized carbons (Fsp3) is 0.818. The molecule has 0 amide bonds. The van der Waals surface area contributed by atoms with Crippen LogP contribution in [-0.2, 0) is 9.53 Å². The molecule has 0 saturated carbocycles. The standard InChI is InChI=1S/C11H20N4O2/c1-17-11(16)10(4-9-6-13-7-14-9)15-8-2-3-12-5-8/h7-10,12,15H,2-6H2,1H3,(H,13,14)/t8?,9?,10-/m0/s1. The van der Waals surface area contributed by atoms with E-state index < -0.39 is 0 Å². The summed E-state index contributed by atoms with van der Waals surface area (Å²) in [5.74, 6) is -0.195. The lowest BCUT2D eigenvalue weighted by Gasteiger charge is -2.22. The number of ether oxygens (including phenoxy) is 1. The normalized spacial score (nSPS) is 29.0. The van der Waals surface area contributed by atoms with E-state index in [-0.39, 0.29) is 18.1 Å². The van der Waals surface area contributed by atoms with E-state index in [4.69, 9.17) is 4.74 Å². The van der Waals surface area contributed by atoms with Gasteiger partial charge in [-0.05, 0) is 19.4 Å². The zero-order chi connectivity index (χ0) is 12.1. The molecule has 0 bridgehead atoms. The number of hydrogen-bond donors (Lipinski definition) is 3. The topological polar surface area (TPSA) is 74.8 Å². The van der Waals surface area contributed by atoms with Gasteiger partial charge in [0.2, 0.25) is 0 Å². The number of methoxy groups -OCH3 is 1. The zero-order valence-corrected chi connectivity index (χ0v) is 10.1. The SMILES string of the molecule is COC(=O)[C@H](CC1CNC=N1)NC1CCNC1. The Morgan fingerprint density at radius 3 is 3.12 bits per heavy atom. The number of esters is 1. The first kappa shape index (κ1) is 12.3. The van der Waals surface area contributed by atoms with Gasteiger partial charge in [-0.15, -0.1) is 0 Å². The number of carbonyl (C=O) groups is 1. The lowest BCUT2D eigenvalue weighted by Crippen LogP contribution is -2.46.